The summed E-state index contributed by atoms with van der Waals surface area (Å²) in [4.78, 5) is 0. The Hall–Kier alpha value is -0.510. The van der Waals surface area contributed by atoms with Crippen LogP contribution < -0.4 is 4.72 Å². The number of nitrogens with one attached hydrogen (secondary N) is 1. The Kier molecular flexibility index (Phi) is 3.82. The fourth-order valence-corrected chi connectivity index (χ4v) is 3.30. The second-order valence-electron chi connectivity index (χ2n) is 3.01. The molecule has 9 heteroatoms. The van der Waals surface area contributed by atoms with Gasteiger partial charge in [-0.25, -0.2) is 17.8 Å². The van der Waals surface area contributed by atoms with Gasteiger partial charge in [0.1, 0.15) is 0 Å². The van der Waals surface area contributed by atoms with Gasteiger partial charge >= 0.3 is 0 Å². The van der Waals surface area contributed by atoms with Crippen LogP contribution in [0.15, 0.2) is 9.63 Å². The quantitative estimate of drug-likeness (QED) is 0.761. The van der Waals surface area contributed by atoms with Crippen molar-refractivity contribution in [1.29, 1.82) is 0 Å². The van der Waals surface area contributed by atoms with Gasteiger partial charge in [-0.05, 0) is 22.9 Å². The molecule has 1 aromatic rings. The second kappa shape index (κ2) is 4.56. The lowest BCUT2D eigenvalue weighted by Crippen LogP contribution is -2.36. The number of sulfonamides is 1. The highest BCUT2D eigenvalue weighted by atomic mass is 79.9. The molecule has 0 saturated carbocycles. The van der Waals surface area contributed by atoms with E-state index >= 15 is 0 Å². The highest BCUT2D eigenvalue weighted by Gasteiger charge is 2.25. The first kappa shape index (κ1) is 12.6. The minimum absolute atomic E-state index is 0.0669. The van der Waals surface area contributed by atoms with Crippen LogP contribution >= 0.6 is 15.9 Å². The first-order chi connectivity index (χ1) is 6.88. The summed E-state index contributed by atoms with van der Waals surface area (Å²) in [5, 5.41) is 15.8. The molecular formula is C6H11BrN4O3S. The van der Waals surface area contributed by atoms with E-state index in [4.69, 9.17) is 5.11 Å². The van der Waals surface area contributed by atoms with Crippen LogP contribution in [-0.4, -0.2) is 41.2 Å². The van der Waals surface area contributed by atoms with E-state index in [1.165, 1.54) is 7.05 Å². The van der Waals surface area contributed by atoms with Crippen LogP contribution in [0.3, 0.4) is 0 Å². The van der Waals surface area contributed by atoms with E-state index in [0.717, 1.165) is 4.68 Å². The number of nitrogens with zero attached hydrogens (tertiary/aromatic N) is 3. The molecule has 0 amide bonds. The van der Waals surface area contributed by atoms with Crippen molar-refractivity contribution in [1.82, 2.24) is 19.7 Å². The number of hydrogen-bond acceptors (Lipinski definition) is 5. The number of aliphatic hydroxyl groups is 1. The third-order valence-electron chi connectivity index (χ3n) is 1.62. The van der Waals surface area contributed by atoms with Crippen LogP contribution in [0.2, 0.25) is 0 Å². The molecule has 1 heterocycles. The van der Waals surface area contributed by atoms with Crippen LogP contribution in [-0.2, 0) is 17.1 Å². The van der Waals surface area contributed by atoms with Crippen molar-refractivity contribution in [3.05, 3.63) is 4.60 Å². The zero-order valence-electron chi connectivity index (χ0n) is 8.18. The van der Waals surface area contributed by atoms with Crippen LogP contribution in [0, 0.1) is 0 Å². The molecule has 0 aliphatic heterocycles. The molecule has 86 valence electrons. The van der Waals surface area contributed by atoms with Crippen molar-refractivity contribution in [2.45, 2.75) is 18.0 Å². The van der Waals surface area contributed by atoms with E-state index in [1.807, 2.05) is 0 Å². The molecule has 7 nitrogen and oxygen atoms in total. The SMILES string of the molecule is C[C@H](CO)NS(=O)(=O)c1c(Br)nnn1C. The molecule has 0 unspecified atom stereocenters. The maximum absolute atomic E-state index is 11.8. The number of rotatable bonds is 4. The first-order valence-electron chi connectivity index (χ1n) is 4.07. The summed E-state index contributed by atoms with van der Waals surface area (Å²) in [6.45, 7) is 1.28. The number of hydrogen-bond donors (Lipinski definition) is 2. The van der Waals surface area contributed by atoms with Gasteiger partial charge < -0.3 is 5.11 Å². The molecule has 0 aliphatic rings. The third kappa shape index (κ3) is 2.74. The molecule has 0 radical (unpaired) electrons. The molecule has 0 spiro atoms. The lowest BCUT2D eigenvalue weighted by atomic mass is 10.4. The summed E-state index contributed by atoms with van der Waals surface area (Å²) in [5.41, 5.74) is 0. The number of aliphatic hydroxyl groups excluding tert-OH is 1. The molecule has 15 heavy (non-hydrogen) atoms. The third-order valence-corrected chi connectivity index (χ3v) is 4.10. The summed E-state index contributed by atoms with van der Waals surface area (Å²) in [6, 6.07) is -0.559. The van der Waals surface area contributed by atoms with E-state index in [2.05, 4.69) is 31.0 Å². The van der Waals surface area contributed by atoms with Crippen molar-refractivity contribution in [2.24, 2.45) is 7.05 Å². The minimum atomic E-state index is -3.71. The van der Waals surface area contributed by atoms with Crippen molar-refractivity contribution in [3.8, 4) is 0 Å². The normalized spacial score (nSPS) is 14.1. The van der Waals surface area contributed by atoms with Crippen LogP contribution in [0.1, 0.15) is 6.92 Å². The van der Waals surface area contributed by atoms with Crippen LogP contribution in [0.5, 0.6) is 0 Å². The molecule has 1 atom stereocenters. The van der Waals surface area contributed by atoms with Crippen molar-refractivity contribution in [2.75, 3.05) is 6.61 Å². The maximum atomic E-state index is 11.8. The molecule has 1 aromatic heterocycles. The average molecular weight is 299 g/mol. The Bertz CT molecular complexity index is 424. The highest BCUT2D eigenvalue weighted by molar-refractivity contribution is 9.10. The Morgan fingerprint density at radius 1 is 1.67 bits per heavy atom. The van der Waals surface area contributed by atoms with Gasteiger partial charge in [0.25, 0.3) is 10.0 Å². The number of aryl methyl sites for hydroxylation is 1. The predicted molar refractivity (Wildman–Crippen MR) is 55.6 cm³/mol. The predicted octanol–water partition coefficient (Wildman–Crippen LogP) is -0.763. The van der Waals surface area contributed by atoms with Crippen molar-refractivity contribution in [3.63, 3.8) is 0 Å². The Labute approximate surface area is 95.7 Å². The van der Waals surface area contributed by atoms with Crippen molar-refractivity contribution >= 4 is 26.0 Å². The molecular weight excluding hydrogens is 288 g/mol. The van der Waals surface area contributed by atoms with Gasteiger partial charge in [0.2, 0.25) is 5.03 Å². The number of aromatic nitrogens is 3. The second-order valence-corrected chi connectivity index (χ2v) is 5.39. The minimum Gasteiger partial charge on any atom is -0.395 e. The van der Waals surface area contributed by atoms with Gasteiger partial charge in [0, 0.05) is 13.1 Å². The summed E-state index contributed by atoms with van der Waals surface area (Å²) in [6.07, 6.45) is 0. The fourth-order valence-electron chi connectivity index (χ4n) is 0.966. The molecule has 0 bridgehead atoms. The van der Waals surface area contributed by atoms with E-state index in [0.29, 0.717) is 0 Å². The van der Waals surface area contributed by atoms with Gasteiger partial charge in [0.05, 0.1) is 6.61 Å². The Morgan fingerprint density at radius 3 is 2.67 bits per heavy atom. The molecule has 1 rings (SSSR count). The Balaban J connectivity index is 3.07. The summed E-state index contributed by atoms with van der Waals surface area (Å²) in [5.74, 6) is 0. The lowest BCUT2D eigenvalue weighted by Gasteiger charge is -2.10. The molecule has 0 aromatic carbocycles. The lowest BCUT2D eigenvalue weighted by molar-refractivity contribution is 0.265. The topological polar surface area (TPSA) is 97.1 Å². The summed E-state index contributed by atoms with van der Waals surface area (Å²) >= 11 is 2.99. The van der Waals surface area contributed by atoms with E-state index in [-0.39, 0.29) is 16.2 Å². The van der Waals surface area contributed by atoms with Crippen molar-refractivity contribution < 1.29 is 13.5 Å². The maximum Gasteiger partial charge on any atom is 0.260 e. The highest BCUT2D eigenvalue weighted by Crippen LogP contribution is 2.17. The standard InChI is InChI=1S/C6H11BrN4O3S/c1-4(3-12)9-15(13,14)6-5(7)8-10-11(6)2/h4,9,12H,3H2,1-2H3/t4-/m1/s1. The molecule has 2 N–H and O–H groups in total. The van der Waals surface area contributed by atoms with E-state index in [1.54, 1.807) is 6.92 Å². The van der Waals surface area contributed by atoms with Gasteiger partial charge in [0.15, 0.2) is 4.60 Å². The Morgan fingerprint density at radius 2 is 2.27 bits per heavy atom. The van der Waals surface area contributed by atoms with Gasteiger partial charge in [-0.2, -0.15) is 0 Å². The van der Waals surface area contributed by atoms with E-state index in [9.17, 15) is 8.42 Å². The van der Waals surface area contributed by atoms with Gasteiger partial charge in [-0.3, -0.25) is 0 Å². The summed E-state index contributed by atoms with van der Waals surface area (Å²) < 4.78 is 27.1. The average Bonchev–Trinajstić information content (AvgIpc) is 2.45. The molecule has 0 fully saturated rings. The smallest absolute Gasteiger partial charge is 0.260 e. The molecule has 0 saturated heterocycles. The monoisotopic (exact) mass is 298 g/mol. The van der Waals surface area contributed by atoms with Gasteiger partial charge in [-0.15, -0.1) is 5.10 Å². The zero-order chi connectivity index (χ0) is 11.6. The van der Waals surface area contributed by atoms with E-state index < -0.39 is 16.1 Å². The van der Waals surface area contributed by atoms with Crippen LogP contribution in [0.25, 0.3) is 0 Å². The molecule has 0 aliphatic carbocycles. The van der Waals surface area contributed by atoms with Crippen LogP contribution in [0.4, 0.5) is 0 Å². The number of halogens is 1. The first-order valence-corrected chi connectivity index (χ1v) is 6.34. The van der Waals surface area contributed by atoms with Gasteiger partial charge in [-0.1, -0.05) is 5.21 Å². The summed E-state index contributed by atoms with van der Waals surface area (Å²) in [7, 11) is -2.24. The largest absolute Gasteiger partial charge is 0.395 e. The fraction of sp³-hybridized carbons (Fsp3) is 0.667. The zero-order valence-corrected chi connectivity index (χ0v) is 10.6.